The Hall–Kier alpha value is -2.63. The highest BCUT2D eigenvalue weighted by Gasteiger charge is 2.37. The van der Waals surface area contributed by atoms with E-state index in [9.17, 15) is 9.59 Å². The molecule has 1 atom stereocenters. The highest BCUT2D eigenvalue weighted by molar-refractivity contribution is 5.82. The predicted molar refractivity (Wildman–Crippen MR) is 87.7 cm³/mol. The van der Waals surface area contributed by atoms with Crippen LogP contribution in [-0.4, -0.2) is 39.8 Å². The molecule has 0 radical (unpaired) electrons. The molecular formula is C18H19N3O3. The van der Waals surface area contributed by atoms with E-state index in [1.807, 2.05) is 29.2 Å². The van der Waals surface area contributed by atoms with Gasteiger partial charge < -0.3 is 9.64 Å². The van der Waals surface area contributed by atoms with Crippen LogP contribution in [0.4, 0.5) is 0 Å². The van der Waals surface area contributed by atoms with Gasteiger partial charge in [-0.15, -0.1) is 0 Å². The van der Waals surface area contributed by atoms with Crippen molar-refractivity contribution in [1.29, 1.82) is 0 Å². The van der Waals surface area contributed by atoms with Gasteiger partial charge in [-0.1, -0.05) is 18.2 Å². The van der Waals surface area contributed by atoms with Gasteiger partial charge in [-0.3, -0.25) is 9.59 Å². The van der Waals surface area contributed by atoms with Crippen molar-refractivity contribution in [2.24, 2.45) is 5.92 Å². The van der Waals surface area contributed by atoms with Crippen LogP contribution in [0.1, 0.15) is 12.0 Å². The number of fused-ring (bicyclic) bond motifs is 1. The molecule has 1 amide bonds. The maximum atomic E-state index is 12.6. The number of nitrogens with zero attached hydrogens (tertiary/aromatic N) is 3. The van der Waals surface area contributed by atoms with Crippen molar-refractivity contribution in [1.82, 2.24) is 14.7 Å². The number of para-hydroxylation sites is 1. The van der Waals surface area contributed by atoms with Crippen molar-refractivity contribution in [3.05, 3.63) is 58.5 Å². The van der Waals surface area contributed by atoms with E-state index in [0.717, 1.165) is 24.2 Å². The third kappa shape index (κ3) is 2.79. The molecule has 1 aromatic carbocycles. The Balaban J connectivity index is 1.33. The van der Waals surface area contributed by atoms with Crippen LogP contribution in [0.2, 0.25) is 0 Å². The molecule has 0 aliphatic carbocycles. The zero-order valence-corrected chi connectivity index (χ0v) is 13.3. The highest BCUT2D eigenvalue weighted by Crippen LogP contribution is 2.29. The Morgan fingerprint density at radius 1 is 1.21 bits per heavy atom. The maximum Gasteiger partial charge on any atom is 0.266 e. The van der Waals surface area contributed by atoms with Crippen molar-refractivity contribution in [3.8, 4) is 5.75 Å². The number of carbonyl (C=O) groups excluding carboxylic acids is 1. The first-order valence-electron chi connectivity index (χ1n) is 8.26. The molecule has 6 nitrogen and oxygen atoms in total. The van der Waals surface area contributed by atoms with Gasteiger partial charge in [0.05, 0.1) is 6.54 Å². The minimum absolute atomic E-state index is 0.0501. The summed E-state index contributed by atoms with van der Waals surface area (Å²) < 4.78 is 7.32. The van der Waals surface area contributed by atoms with Crippen LogP contribution in [0.15, 0.2) is 47.4 Å². The van der Waals surface area contributed by atoms with E-state index in [-0.39, 0.29) is 17.4 Å². The molecule has 4 rings (SSSR count). The van der Waals surface area contributed by atoms with Crippen LogP contribution in [0.3, 0.4) is 0 Å². The molecule has 124 valence electrons. The van der Waals surface area contributed by atoms with Crippen LogP contribution in [0, 0.1) is 5.92 Å². The Kier molecular flexibility index (Phi) is 3.80. The van der Waals surface area contributed by atoms with Crippen molar-refractivity contribution in [2.45, 2.75) is 25.5 Å². The van der Waals surface area contributed by atoms with Crippen molar-refractivity contribution < 1.29 is 9.53 Å². The van der Waals surface area contributed by atoms with Gasteiger partial charge >= 0.3 is 0 Å². The summed E-state index contributed by atoms with van der Waals surface area (Å²) in [7, 11) is 0. The van der Waals surface area contributed by atoms with Crippen molar-refractivity contribution in [2.75, 3.05) is 13.1 Å². The van der Waals surface area contributed by atoms with Crippen LogP contribution >= 0.6 is 0 Å². The fourth-order valence-corrected chi connectivity index (χ4v) is 3.34. The molecule has 2 aliphatic heterocycles. The first-order valence-corrected chi connectivity index (χ1v) is 8.26. The topological polar surface area (TPSA) is 64.4 Å². The number of aromatic nitrogens is 2. The van der Waals surface area contributed by atoms with Gasteiger partial charge in [0.2, 0.25) is 0 Å². The van der Waals surface area contributed by atoms with E-state index in [1.54, 1.807) is 12.3 Å². The van der Waals surface area contributed by atoms with E-state index in [1.165, 1.54) is 10.7 Å². The molecule has 1 saturated heterocycles. The summed E-state index contributed by atoms with van der Waals surface area (Å²) in [5, 5.41) is 4.06. The fraction of sp³-hybridized carbons (Fsp3) is 0.389. The smallest absolute Gasteiger partial charge is 0.266 e. The number of rotatable bonds is 3. The lowest BCUT2D eigenvalue weighted by Gasteiger charge is -2.41. The van der Waals surface area contributed by atoms with Crippen LogP contribution in [-0.2, 0) is 17.8 Å². The molecule has 0 saturated carbocycles. The molecule has 0 bridgehead atoms. The summed E-state index contributed by atoms with van der Waals surface area (Å²) in [5.74, 6) is 1.14. The fourth-order valence-electron chi connectivity index (χ4n) is 3.34. The SMILES string of the molecule is O=C(C1CCc2ccccc2O1)N1CC(Cn2ncccc2=O)C1. The van der Waals surface area contributed by atoms with Crippen molar-refractivity contribution in [3.63, 3.8) is 0 Å². The number of ether oxygens (including phenoxy) is 1. The second-order valence-electron chi connectivity index (χ2n) is 6.41. The normalized spacial score (nSPS) is 20.0. The maximum absolute atomic E-state index is 12.6. The molecule has 0 spiro atoms. The lowest BCUT2D eigenvalue weighted by atomic mass is 9.96. The van der Waals surface area contributed by atoms with Gasteiger partial charge in [0.1, 0.15) is 5.75 Å². The molecule has 1 unspecified atom stereocenters. The largest absolute Gasteiger partial charge is 0.480 e. The Labute approximate surface area is 139 Å². The lowest BCUT2D eigenvalue weighted by Crippen LogP contribution is -2.56. The van der Waals surface area contributed by atoms with Gasteiger partial charge in [-0.2, -0.15) is 5.10 Å². The summed E-state index contributed by atoms with van der Waals surface area (Å²) in [6.07, 6.45) is 2.80. The summed E-state index contributed by atoms with van der Waals surface area (Å²) in [4.78, 5) is 26.1. The Morgan fingerprint density at radius 2 is 2.04 bits per heavy atom. The van der Waals surface area contributed by atoms with Crippen LogP contribution in [0.25, 0.3) is 0 Å². The monoisotopic (exact) mass is 325 g/mol. The zero-order valence-electron chi connectivity index (χ0n) is 13.3. The third-order valence-corrected chi connectivity index (χ3v) is 4.68. The number of hydrogen-bond acceptors (Lipinski definition) is 4. The van der Waals surface area contributed by atoms with Crippen LogP contribution < -0.4 is 10.3 Å². The van der Waals surface area contributed by atoms with Crippen molar-refractivity contribution >= 4 is 5.91 Å². The summed E-state index contributed by atoms with van der Waals surface area (Å²) in [6, 6.07) is 11.0. The second-order valence-corrected chi connectivity index (χ2v) is 6.41. The Bertz CT molecular complexity index is 811. The minimum Gasteiger partial charge on any atom is -0.480 e. The first kappa shape index (κ1) is 14.9. The van der Waals surface area contributed by atoms with Gasteiger partial charge in [0.25, 0.3) is 11.5 Å². The molecule has 3 heterocycles. The van der Waals surface area contributed by atoms with E-state index < -0.39 is 6.10 Å². The lowest BCUT2D eigenvalue weighted by molar-refractivity contribution is -0.146. The van der Waals surface area contributed by atoms with Gasteiger partial charge in [0, 0.05) is 31.3 Å². The number of carbonyl (C=O) groups is 1. The third-order valence-electron chi connectivity index (χ3n) is 4.68. The van der Waals surface area contributed by atoms with E-state index in [0.29, 0.717) is 19.6 Å². The summed E-state index contributed by atoms with van der Waals surface area (Å²) in [5.41, 5.74) is 1.06. The van der Waals surface area contributed by atoms with E-state index in [2.05, 4.69) is 5.10 Å². The van der Waals surface area contributed by atoms with Gasteiger partial charge in [-0.05, 0) is 30.5 Å². The number of likely N-dealkylation sites (tertiary alicyclic amines) is 1. The molecule has 6 heteroatoms. The first-order chi connectivity index (χ1) is 11.7. The quantitative estimate of drug-likeness (QED) is 0.847. The molecule has 1 aromatic heterocycles. The molecule has 0 N–H and O–H groups in total. The van der Waals surface area contributed by atoms with Crippen LogP contribution in [0.5, 0.6) is 5.75 Å². The average Bonchev–Trinajstić information content (AvgIpc) is 2.58. The molecule has 24 heavy (non-hydrogen) atoms. The molecular weight excluding hydrogens is 306 g/mol. The molecule has 1 fully saturated rings. The predicted octanol–water partition coefficient (Wildman–Crippen LogP) is 1.10. The number of hydrogen-bond donors (Lipinski definition) is 0. The number of amides is 1. The number of aryl methyl sites for hydroxylation is 1. The molecule has 2 aromatic rings. The van der Waals surface area contributed by atoms with Gasteiger partial charge in [0.15, 0.2) is 6.10 Å². The average molecular weight is 325 g/mol. The number of benzene rings is 1. The van der Waals surface area contributed by atoms with Gasteiger partial charge in [-0.25, -0.2) is 4.68 Å². The second kappa shape index (κ2) is 6.11. The van der Waals surface area contributed by atoms with E-state index in [4.69, 9.17) is 4.74 Å². The summed E-state index contributed by atoms with van der Waals surface area (Å²) in [6.45, 7) is 1.87. The standard InChI is InChI=1S/C18H19N3O3/c22-17-6-3-9-19-21(17)12-13-10-20(11-13)18(23)16-8-7-14-4-1-2-5-15(14)24-16/h1-6,9,13,16H,7-8,10-12H2. The highest BCUT2D eigenvalue weighted by atomic mass is 16.5. The molecule has 2 aliphatic rings. The Morgan fingerprint density at radius 3 is 2.88 bits per heavy atom. The minimum atomic E-state index is -0.390. The summed E-state index contributed by atoms with van der Waals surface area (Å²) >= 11 is 0. The zero-order chi connectivity index (χ0) is 16.5. The van der Waals surface area contributed by atoms with E-state index >= 15 is 0 Å².